The van der Waals surface area contributed by atoms with E-state index in [9.17, 15) is 13.6 Å². The standard InChI is InChI=1S/C14H18F2N4O/c1-17-6-9-4-11(15)13(12(16)5-9)19-2-3-20-10(8-19)7-18-14(20)21/h4-5,10,17H,2-3,6-8H2,1H3,(H,18,21). The van der Waals surface area contributed by atoms with Crippen molar-refractivity contribution in [2.45, 2.75) is 12.6 Å². The number of hydrogen-bond acceptors (Lipinski definition) is 3. The highest BCUT2D eigenvalue weighted by Crippen LogP contribution is 2.28. The highest BCUT2D eigenvalue weighted by molar-refractivity contribution is 5.77. The molecule has 2 N–H and O–H groups in total. The third kappa shape index (κ3) is 2.53. The van der Waals surface area contributed by atoms with Crippen LogP contribution in [-0.4, -0.2) is 50.2 Å². The number of nitrogens with zero attached hydrogens (tertiary/aromatic N) is 2. The Bertz CT molecular complexity index is 543. The molecule has 5 nitrogen and oxygen atoms in total. The first kappa shape index (κ1) is 14.1. The Morgan fingerprint density at radius 1 is 1.33 bits per heavy atom. The second-order valence-electron chi connectivity index (χ2n) is 5.42. The van der Waals surface area contributed by atoms with Gasteiger partial charge in [0.05, 0.1) is 6.04 Å². The Labute approximate surface area is 121 Å². The van der Waals surface area contributed by atoms with Gasteiger partial charge in [-0.1, -0.05) is 0 Å². The van der Waals surface area contributed by atoms with E-state index in [1.54, 1.807) is 16.8 Å². The molecule has 1 unspecified atom stereocenters. The van der Waals surface area contributed by atoms with Crippen LogP contribution in [0.1, 0.15) is 5.56 Å². The second kappa shape index (κ2) is 5.48. The van der Waals surface area contributed by atoms with Crippen LogP contribution < -0.4 is 15.5 Å². The highest BCUT2D eigenvalue weighted by Gasteiger charge is 2.36. The lowest BCUT2D eigenvalue weighted by Gasteiger charge is -2.38. The van der Waals surface area contributed by atoms with E-state index < -0.39 is 11.6 Å². The predicted molar refractivity (Wildman–Crippen MR) is 75.2 cm³/mol. The van der Waals surface area contributed by atoms with Crippen molar-refractivity contribution in [1.29, 1.82) is 0 Å². The smallest absolute Gasteiger partial charge is 0.317 e. The fourth-order valence-electron chi connectivity index (χ4n) is 3.03. The van der Waals surface area contributed by atoms with Crippen LogP contribution in [0.5, 0.6) is 0 Å². The van der Waals surface area contributed by atoms with Gasteiger partial charge in [-0.25, -0.2) is 13.6 Å². The van der Waals surface area contributed by atoms with E-state index in [1.165, 1.54) is 12.1 Å². The number of piperazine rings is 1. The Morgan fingerprint density at radius 2 is 2.05 bits per heavy atom. The molecule has 0 saturated carbocycles. The molecule has 7 heteroatoms. The molecule has 0 aliphatic carbocycles. The quantitative estimate of drug-likeness (QED) is 0.871. The zero-order valence-corrected chi connectivity index (χ0v) is 11.8. The van der Waals surface area contributed by atoms with E-state index in [2.05, 4.69) is 10.6 Å². The number of rotatable bonds is 3. The Morgan fingerprint density at radius 3 is 2.71 bits per heavy atom. The molecule has 1 aromatic carbocycles. The average molecular weight is 296 g/mol. The lowest BCUT2D eigenvalue weighted by atomic mass is 10.1. The third-order valence-electron chi connectivity index (χ3n) is 4.01. The minimum Gasteiger partial charge on any atom is -0.363 e. The molecule has 3 rings (SSSR count). The summed E-state index contributed by atoms with van der Waals surface area (Å²) in [7, 11) is 1.73. The minimum absolute atomic E-state index is 0.00820. The average Bonchev–Trinajstić information content (AvgIpc) is 2.80. The van der Waals surface area contributed by atoms with E-state index in [0.717, 1.165) is 0 Å². The fourth-order valence-corrected chi connectivity index (χ4v) is 3.03. The van der Waals surface area contributed by atoms with Gasteiger partial charge in [-0.05, 0) is 24.7 Å². The van der Waals surface area contributed by atoms with Crippen molar-refractivity contribution >= 4 is 11.7 Å². The lowest BCUT2D eigenvalue weighted by Crippen LogP contribution is -2.52. The number of hydrogen-bond donors (Lipinski definition) is 2. The molecular formula is C14H18F2N4O. The van der Waals surface area contributed by atoms with Crippen molar-refractivity contribution in [1.82, 2.24) is 15.5 Å². The van der Waals surface area contributed by atoms with E-state index in [1.807, 2.05) is 0 Å². The number of fused-ring (bicyclic) bond motifs is 1. The first-order valence-corrected chi connectivity index (χ1v) is 7.02. The van der Waals surface area contributed by atoms with Gasteiger partial charge in [0, 0.05) is 32.7 Å². The second-order valence-corrected chi connectivity index (χ2v) is 5.42. The number of carbonyl (C=O) groups excluding carboxylic acids is 1. The summed E-state index contributed by atoms with van der Waals surface area (Å²) in [4.78, 5) is 15.0. The molecule has 1 atom stereocenters. The fraction of sp³-hybridized carbons (Fsp3) is 0.500. The van der Waals surface area contributed by atoms with Gasteiger partial charge in [-0.2, -0.15) is 0 Å². The van der Waals surface area contributed by atoms with Crippen LogP contribution in [0, 0.1) is 11.6 Å². The number of benzene rings is 1. The summed E-state index contributed by atoms with van der Waals surface area (Å²) < 4.78 is 28.5. The summed E-state index contributed by atoms with van der Waals surface area (Å²) in [5, 5.41) is 5.63. The maximum Gasteiger partial charge on any atom is 0.317 e. The van der Waals surface area contributed by atoms with Gasteiger partial charge in [0.25, 0.3) is 0 Å². The third-order valence-corrected chi connectivity index (χ3v) is 4.01. The topological polar surface area (TPSA) is 47.6 Å². The molecule has 2 amide bonds. The molecule has 0 bridgehead atoms. The molecule has 2 aliphatic heterocycles. The zero-order valence-electron chi connectivity index (χ0n) is 11.8. The van der Waals surface area contributed by atoms with Gasteiger partial charge in [0.1, 0.15) is 17.3 Å². The molecule has 1 aromatic rings. The SMILES string of the molecule is CNCc1cc(F)c(N2CCN3C(=O)NCC3C2)c(F)c1. The Hall–Kier alpha value is -1.89. The first-order chi connectivity index (χ1) is 10.1. The number of nitrogens with one attached hydrogen (secondary N) is 2. The number of carbonyl (C=O) groups is 1. The van der Waals surface area contributed by atoms with Gasteiger partial charge < -0.3 is 20.4 Å². The monoisotopic (exact) mass is 296 g/mol. The molecule has 21 heavy (non-hydrogen) atoms. The van der Waals surface area contributed by atoms with Crippen LogP contribution >= 0.6 is 0 Å². The van der Waals surface area contributed by atoms with Crippen molar-refractivity contribution in [3.63, 3.8) is 0 Å². The van der Waals surface area contributed by atoms with Crippen LogP contribution in [0.25, 0.3) is 0 Å². The predicted octanol–water partition coefficient (Wildman–Crippen LogP) is 0.898. The van der Waals surface area contributed by atoms with Crippen molar-refractivity contribution in [3.05, 3.63) is 29.3 Å². The van der Waals surface area contributed by atoms with Crippen molar-refractivity contribution in [2.75, 3.05) is 38.1 Å². The van der Waals surface area contributed by atoms with E-state index in [-0.39, 0.29) is 17.8 Å². The molecule has 0 radical (unpaired) electrons. The molecule has 2 aliphatic rings. The molecule has 0 aromatic heterocycles. The van der Waals surface area contributed by atoms with Crippen LogP contribution in [-0.2, 0) is 6.54 Å². The molecule has 0 spiro atoms. The summed E-state index contributed by atoms with van der Waals surface area (Å²) in [6.07, 6.45) is 0. The summed E-state index contributed by atoms with van der Waals surface area (Å²) in [6.45, 7) is 2.30. The van der Waals surface area contributed by atoms with Crippen molar-refractivity contribution in [2.24, 2.45) is 0 Å². The highest BCUT2D eigenvalue weighted by atomic mass is 19.1. The van der Waals surface area contributed by atoms with Crippen LogP contribution in [0.3, 0.4) is 0 Å². The summed E-state index contributed by atoms with van der Waals surface area (Å²) in [5.41, 5.74) is 0.585. The number of urea groups is 1. The minimum atomic E-state index is -0.550. The molecule has 114 valence electrons. The van der Waals surface area contributed by atoms with Gasteiger partial charge in [0.2, 0.25) is 0 Å². The maximum atomic E-state index is 14.2. The maximum absolute atomic E-state index is 14.2. The van der Waals surface area contributed by atoms with E-state index in [4.69, 9.17) is 0 Å². The van der Waals surface area contributed by atoms with Gasteiger partial charge in [-0.3, -0.25) is 0 Å². The molecule has 2 saturated heterocycles. The zero-order chi connectivity index (χ0) is 15.0. The van der Waals surface area contributed by atoms with Crippen LogP contribution in [0.15, 0.2) is 12.1 Å². The lowest BCUT2D eigenvalue weighted by molar-refractivity contribution is 0.197. The number of anilines is 1. The normalized spacial score (nSPS) is 21.5. The van der Waals surface area contributed by atoms with Gasteiger partial charge in [-0.15, -0.1) is 0 Å². The Balaban J connectivity index is 1.83. The van der Waals surface area contributed by atoms with Gasteiger partial charge >= 0.3 is 6.03 Å². The molecular weight excluding hydrogens is 278 g/mol. The first-order valence-electron chi connectivity index (χ1n) is 7.02. The number of amides is 2. The van der Waals surface area contributed by atoms with Crippen LogP contribution in [0.2, 0.25) is 0 Å². The van der Waals surface area contributed by atoms with Crippen molar-refractivity contribution in [3.8, 4) is 0 Å². The van der Waals surface area contributed by atoms with Crippen LogP contribution in [0.4, 0.5) is 19.3 Å². The number of halogens is 2. The summed E-state index contributed by atoms with van der Waals surface area (Å²) >= 11 is 0. The molecule has 2 heterocycles. The largest absolute Gasteiger partial charge is 0.363 e. The van der Waals surface area contributed by atoms with E-state index >= 15 is 0 Å². The molecule has 2 fully saturated rings. The summed E-state index contributed by atoms with van der Waals surface area (Å²) in [6, 6.07) is 2.60. The Kier molecular flexibility index (Phi) is 3.67. The van der Waals surface area contributed by atoms with E-state index in [0.29, 0.717) is 38.3 Å². The summed E-state index contributed by atoms with van der Waals surface area (Å²) in [5.74, 6) is -1.10. The van der Waals surface area contributed by atoms with Gasteiger partial charge in [0.15, 0.2) is 0 Å². The van der Waals surface area contributed by atoms with Crippen molar-refractivity contribution < 1.29 is 13.6 Å².